The molecule has 1 saturated heterocycles. The maximum Gasteiger partial charge on any atom is 0.268 e. The van der Waals surface area contributed by atoms with Crippen molar-refractivity contribution in [3.05, 3.63) is 28.8 Å². The lowest BCUT2D eigenvalue weighted by molar-refractivity contribution is 0.0688. The first-order chi connectivity index (χ1) is 12.7. The number of imidazole rings is 1. The van der Waals surface area contributed by atoms with Crippen molar-refractivity contribution in [2.24, 2.45) is 5.41 Å². The van der Waals surface area contributed by atoms with Crippen LogP contribution in [-0.4, -0.2) is 49.1 Å². The van der Waals surface area contributed by atoms with Crippen molar-refractivity contribution >= 4 is 17.4 Å². The first kappa shape index (κ1) is 17.6. The van der Waals surface area contributed by atoms with E-state index in [2.05, 4.69) is 31.4 Å². The van der Waals surface area contributed by atoms with Gasteiger partial charge in [-0.15, -0.1) is 5.10 Å². The number of piperidine rings is 1. The summed E-state index contributed by atoms with van der Waals surface area (Å²) in [5.41, 5.74) is 1.10. The third kappa shape index (κ3) is 3.05. The molecule has 2 aromatic heterocycles. The highest BCUT2D eigenvalue weighted by Crippen LogP contribution is 2.56. The molecule has 1 saturated carbocycles. The fourth-order valence-corrected chi connectivity index (χ4v) is 4.92. The fourth-order valence-electron chi connectivity index (χ4n) is 4.22. The quantitative estimate of drug-likeness (QED) is 0.838. The molecule has 1 aliphatic heterocycles. The van der Waals surface area contributed by atoms with Gasteiger partial charge in [0.05, 0.1) is 12.2 Å². The van der Waals surface area contributed by atoms with Gasteiger partial charge >= 0.3 is 0 Å². The molecule has 1 aliphatic carbocycles. The van der Waals surface area contributed by atoms with Gasteiger partial charge in [-0.2, -0.15) is 0 Å². The molecular formula is C18H26N6OS. The Kier molecular flexibility index (Phi) is 4.79. The molecule has 1 unspecified atom stereocenters. The van der Waals surface area contributed by atoms with Gasteiger partial charge in [0.25, 0.3) is 5.91 Å². The minimum Gasteiger partial charge on any atom is -0.334 e. The van der Waals surface area contributed by atoms with Gasteiger partial charge in [0, 0.05) is 25.0 Å². The van der Waals surface area contributed by atoms with E-state index < -0.39 is 0 Å². The molecule has 7 nitrogen and oxygen atoms in total. The number of rotatable bonds is 6. The number of carbonyl (C=O) groups is 1. The Bertz CT molecular complexity index is 778. The van der Waals surface area contributed by atoms with Gasteiger partial charge in [0.2, 0.25) is 0 Å². The summed E-state index contributed by atoms with van der Waals surface area (Å²) < 4.78 is 6.14. The predicted molar refractivity (Wildman–Crippen MR) is 100 cm³/mol. The summed E-state index contributed by atoms with van der Waals surface area (Å²) in [7, 11) is 0. The number of nitrogens with one attached hydrogen (secondary N) is 1. The van der Waals surface area contributed by atoms with Crippen molar-refractivity contribution in [2.75, 3.05) is 13.1 Å². The first-order valence-electron chi connectivity index (χ1n) is 9.51. The molecule has 0 radical (unpaired) electrons. The van der Waals surface area contributed by atoms with Crippen LogP contribution in [0.4, 0.5) is 0 Å². The number of hydrogen-bond acceptors (Lipinski definition) is 6. The largest absolute Gasteiger partial charge is 0.334 e. The van der Waals surface area contributed by atoms with Crippen molar-refractivity contribution in [3.8, 4) is 0 Å². The number of nitrogens with zero attached hydrogens (tertiary/aromatic N) is 5. The monoisotopic (exact) mass is 374 g/mol. The molecular weight excluding hydrogens is 348 g/mol. The van der Waals surface area contributed by atoms with E-state index in [9.17, 15) is 4.79 Å². The highest BCUT2D eigenvalue weighted by Gasteiger charge is 2.58. The number of amides is 1. The van der Waals surface area contributed by atoms with E-state index in [-0.39, 0.29) is 11.3 Å². The number of carbonyl (C=O) groups excluding carboxylic acids is 1. The lowest BCUT2D eigenvalue weighted by Gasteiger charge is -2.29. The van der Waals surface area contributed by atoms with Crippen LogP contribution >= 0.6 is 11.5 Å². The van der Waals surface area contributed by atoms with Crippen molar-refractivity contribution in [2.45, 2.75) is 58.7 Å². The zero-order valence-corrected chi connectivity index (χ0v) is 16.3. The predicted octanol–water partition coefficient (Wildman–Crippen LogP) is 2.10. The van der Waals surface area contributed by atoms with Crippen LogP contribution in [-0.2, 0) is 19.5 Å². The van der Waals surface area contributed by atoms with Crippen molar-refractivity contribution in [3.63, 3.8) is 0 Å². The van der Waals surface area contributed by atoms with Crippen LogP contribution in [0.2, 0.25) is 0 Å². The van der Waals surface area contributed by atoms with E-state index in [1.807, 2.05) is 24.2 Å². The second-order valence-electron chi connectivity index (χ2n) is 7.30. The molecule has 140 valence electrons. The van der Waals surface area contributed by atoms with Gasteiger partial charge in [-0.05, 0) is 62.6 Å². The summed E-state index contributed by atoms with van der Waals surface area (Å²) in [4.78, 5) is 20.7. The molecule has 3 heterocycles. The molecule has 8 heteroatoms. The molecule has 1 atom stereocenters. The fraction of sp³-hybridized carbons (Fsp3) is 0.667. The second kappa shape index (κ2) is 7.08. The average Bonchev–Trinajstić information content (AvgIpc) is 3.07. The van der Waals surface area contributed by atoms with Crippen molar-refractivity contribution in [1.29, 1.82) is 0 Å². The molecule has 4 rings (SSSR count). The van der Waals surface area contributed by atoms with Crippen LogP contribution in [0.15, 0.2) is 12.4 Å². The van der Waals surface area contributed by atoms with Crippen LogP contribution < -0.4 is 5.32 Å². The summed E-state index contributed by atoms with van der Waals surface area (Å²) in [5.74, 6) is 1.02. The van der Waals surface area contributed by atoms with Crippen LogP contribution in [0.5, 0.6) is 0 Å². The summed E-state index contributed by atoms with van der Waals surface area (Å²) in [6.45, 7) is 7.63. The van der Waals surface area contributed by atoms with E-state index in [4.69, 9.17) is 0 Å². The topological polar surface area (TPSA) is 75.9 Å². The number of aryl methyl sites for hydroxylation is 2. The smallest absolute Gasteiger partial charge is 0.268 e. The van der Waals surface area contributed by atoms with Crippen LogP contribution in [0.3, 0.4) is 0 Å². The molecule has 1 amide bonds. The number of aromatic nitrogens is 4. The third-order valence-corrected chi connectivity index (χ3v) is 6.68. The second-order valence-corrected chi connectivity index (χ2v) is 8.05. The Morgan fingerprint density at radius 3 is 2.96 bits per heavy atom. The van der Waals surface area contributed by atoms with Crippen LogP contribution in [0.25, 0.3) is 0 Å². The molecule has 1 spiro atoms. The average molecular weight is 375 g/mol. The maximum atomic E-state index is 13.4. The lowest BCUT2D eigenvalue weighted by atomic mass is 9.93. The van der Waals surface area contributed by atoms with E-state index in [0.29, 0.717) is 17.5 Å². The van der Waals surface area contributed by atoms with Crippen molar-refractivity contribution < 1.29 is 4.79 Å². The molecule has 2 fully saturated rings. The molecule has 2 aromatic rings. The normalized spacial score (nSPS) is 21.1. The van der Waals surface area contributed by atoms with Crippen molar-refractivity contribution in [1.82, 2.24) is 29.4 Å². The molecule has 1 N–H and O–H groups in total. The Morgan fingerprint density at radius 2 is 2.23 bits per heavy atom. The minimum absolute atomic E-state index is 0.0721. The van der Waals surface area contributed by atoms with Crippen LogP contribution in [0, 0.1) is 5.41 Å². The molecule has 0 aromatic carbocycles. The highest BCUT2D eigenvalue weighted by atomic mass is 32.1. The van der Waals surface area contributed by atoms with Gasteiger partial charge < -0.3 is 14.8 Å². The zero-order chi connectivity index (χ0) is 18.1. The molecule has 0 bridgehead atoms. The Morgan fingerprint density at radius 1 is 1.42 bits per heavy atom. The van der Waals surface area contributed by atoms with E-state index >= 15 is 0 Å². The first-order valence-corrected chi connectivity index (χ1v) is 10.3. The summed E-state index contributed by atoms with van der Waals surface area (Å²) in [5, 5.41) is 7.58. The summed E-state index contributed by atoms with van der Waals surface area (Å²) in [6, 6.07) is 0.297. The standard InChI is InChI=1S/C18H26N6OS/c1-3-13-16(26-22-21-13)17(25)24(12-15-20-9-10-23(15)4-2)14-11-18(14)5-7-19-8-6-18/h9-10,14,19H,3-8,11-12H2,1-2H3. The molecule has 26 heavy (non-hydrogen) atoms. The van der Waals surface area contributed by atoms with Gasteiger partial charge in [0.1, 0.15) is 10.7 Å². The van der Waals surface area contributed by atoms with E-state index in [1.54, 1.807) is 0 Å². The van der Waals surface area contributed by atoms with E-state index in [1.165, 1.54) is 11.5 Å². The Labute approximate surface area is 158 Å². The van der Waals surface area contributed by atoms with Gasteiger partial charge in [-0.3, -0.25) is 4.79 Å². The van der Waals surface area contributed by atoms with Crippen LogP contribution in [0.1, 0.15) is 54.3 Å². The molecule has 2 aliphatic rings. The minimum atomic E-state index is 0.0721. The third-order valence-electron chi connectivity index (χ3n) is 5.92. The summed E-state index contributed by atoms with van der Waals surface area (Å²) in [6.07, 6.45) is 7.92. The van der Waals surface area contributed by atoms with Gasteiger partial charge in [0.15, 0.2) is 0 Å². The lowest BCUT2D eigenvalue weighted by Crippen LogP contribution is -2.39. The van der Waals surface area contributed by atoms with E-state index in [0.717, 1.165) is 56.8 Å². The number of hydrogen-bond donors (Lipinski definition) is 1. The Balaban J connectivity index is 1.62. The highest BCUT2D eigenvalue weighted by molar-refractivity contribution is 7.08. The maximum absolute atomic E-state index is 13.4. The van der Waals surface area contributed by atoms with Gasteiger partial charge in [-0.25, -0.2) is 4.98 Å². The van der Waals surface area contributed by atoms with Gasteiger partial charge in [-0.1, -0.05) is 11.4 Å². The summed E-state index contributed by atoms with van der Waals surface area (Å²) >= 11 is 1.22. The SMILES string of the molecule is CCc1nnsc1C(=O)N(Cc1nccn1CC)C1CC12CCNCC2. The Hall–Kier alpha value is -1.80. The zero-order valence-electron chi connectivity index (χ0n) is 15.4.